The van der Waals surface area contributed by atoms with Crippen LogP contribution in [0.1, 0.15) is 115 Å². The van der Waals surface area contributed by atoms with Crippen molar-refractivity contribution >= 4 is 17.9 Å². The Bertz CT molecular complexity index is 1220. The second-order valence-corrected chi connectivity index (χ2v) is 4.51. The Labute approximate surface area is 200 Å². The number of hydrogen-bond acceptors (Lipinski definition) is 7. The van der Waals surface area contributed by atoms with Crippen LogP contribution >= 0.6 is 0 Å². The molecule has 0 saturated carbocycles. The minimum atomic E-state index is -4.27. The van der Waals surface area contributed by atoms with Gasteiger partial charge in [-0.3, -0.25) is 14.4 Å². The second-order valence-electron chi connectivity index (χ2n) is 4.51. The van der Waals surface area contributed by atoms with Crippen molar-refractivity contribution in [3.63, 3.8) is 0 Å². The maximum atomic E-state index is 12.8. The van der Waals surface area contributed by atoms with Gasteiger partial charge in [-0.15, -0.1) is 0 Å². The summed E-state index contributed by atoms with van der Waals surface area (Å²) in [6, 6.07) is 0. The Balaban J connectivity index is 7.03. The molecular weight excluding hydrogens is 352 g/mol. The van der Waals surface area contributed by atoms with Crippen LogP contribution in [-0.4, -0.2) is 49.4 Å². The molecule has 0 fully saturated rings. The van der Waals surface area contributed by atoms with Gasteiger partial charge in [0.15, 0.2) is 0 Å². The summed E-state index contributed by atoms with van der Waals surface area (Å²) in [4.78, 5) is 38.5. The minimum absolute atomic E-state index is 1.69. The van der Waals surface area contributed by atoms with Gasteiger partial charge in [-0.2, -0.15) is 0 Å². The van der Waals surface area contributed by atoms with Gasteiger partial charge in [-0.05, 0) is 19.1 Å². The third-order valence-electron chi connectivity index (χ3n) is 2.54. The number of hydrogen-bond donors (Lipinski definition) is 1. The SMILES string of the molecule is [2H]C([2H])([2H])C([2H])([2H])C([2H])([2H])C([2H])([2H])C(=O)OCC(CO)(COC(=O)C([2H])([2H])C([2H])([2H])C([2H])([2H])C([2H])([2H])[2H])COC(=O)C([2H])([2H])C([2H])([2H])C([2H])([2H])C([2H])([2H])[2H]. The van der Waals surface area contributed by atoms with Crippen molar-refractivity contribution in [2.24, 2.45) is 5.41 Å². The van der Waals surface area contributed by atoms with Crippen molar-refractivity contribution in [2.75, 3.05) is 26.4 Å². The smallest absolute Gasteiger partial charge is 0.305 e. The molecule has 0 aliphatic heterocycles. The van der Waals surface area contributed by atoms with Crippen LogP contribution in [0.25, 0.3) is 0 Å². The van der Waals surface area contributed by atoms with Gasteiger partial charge in [-0.1, -0.05) is 39.7 Å². The van der Waals surface area contributed by atoms with Crippen LogP contribution in [0.2, 0.25) is 0 Å². The number of rotatable bonds is 16. The Morgan fingerprint density at radius 3 is 1.37 bits per heavy atom. The summed E-state index contributed by atoms with van der Waals surface area (Å²) >= 11 is 0. The van der Waals surface area contributed by atoms with E-state index in [9.17, 15) is 19.5 Å². The summed E-state index contributed by atoms with van der Waals surface area (Å²) in [5.41, 5.74) is -2.90. The lowest BCUT2D eigenvalue weighted by molar-refractivity contribution is -0.165. The summed E-state index contributed by atoms with van der Waals surface area (Å²) in [5.74, 6) is -7.40. The van der Waals surface area contributed by atoms with Gasteiger partial charge in [0.05, 0.1) is 12.0 Å². The number of carbonyl (C=O) groups excluding carboxylic acids is 3. The molecule has 0 heterocycles. The van der Waals surface area contributed by atoms with Crippen LogP contribution in [0.3, 0.4) is 0 Å². The summed E-state index contributed by atoms with van der Waals surface area (Å²) in [5, 5.41) is 10.2. The molecule has 7 nitrogen and oxygen atoms in total. The Morgan fingerprint density at radius 1 is 0.778 bits per heavy atom. The topological polar surface area (TPSA) is 99.1 Å². The van der Waals surface area contributed by atoms with Crippen LogP contribution in [-0.2, 0) is 28.6 Å². The Morgan fingerprint density at radius 2 is 1.11 bits per heavy atom. The summed E-state index contributed by atoms with van der Waals surface area (Å²) < 4.78 is 218. The first-order chi connectivity index (χ1) is 23.2. The first-order valence-corrected chi connectivity index (χ1v) is 6.82. The fourth-order valence-corrected chi connectivity index (χ4v) is 1.27. The first kappa shape index (κ1) is 5.71. The highest BCUT2D eigenvalue weighted by Gasteiger charge is 2.35. The van der Waals surface area contributed by atoms with E-state index < -0.39 is 128 Å². The molecule has 0 aromatic heterocycles. The monoisotopic (exact) mass is 415 g/mol. The van der Waals surface area contributed by atoms with E-state index in [1.165, 1.54) is 0 Å². The molecule has 158 valence electrons. The lowest BCUT2D eigenvalue weighted by atomic mass is 9.92. The number of aliphatic hydroxyl groups excluding tert-OH is 1. The number of aliphatic hydroxyl groups is 1. The normalized spacial score (nSPS) is 32.1. The number of carbonyl (C=O) groups is 3. The highest BCUT2D eigenvalue weighted by Crippen LogP contribution is 2.21. The number of esters is 3. The van der Waals surface area contributed by atoms with E-state index in [4.69, 9.17) is 37.0 Å². The molecule has 0 aromatic rings. The molecule has 7 heteroatoms. The van der Waals surface area contributed by atoms with E-state index in [-0.39, 0.29) is 0 Å². The summed E-state index contributed by atoms with van der Waals surface area (Å²) in [6.07, 6.45) is -38.0. The molecule has 0 radical (unpaired) electrons. The molecular formula is C20H36O7. The van der Waals surface area contributed by atoms with Gasteiger partial charge in [0.2, 0.25) is 0 Å². The highest BCUT2D eigenvalue weighted by molar-refractivity contribution is 5.70. The molecule has 0 atom stereocenters. The van der Waals surface area contributed by atoms with Gasteiger partial charge in [0, 0.05) is 56.1 Å². The van der Waals surface area contributed by atoms with E-state index in [0.29, 0.717) is 0 Å². The molecule has 0 rings (SSSR count). The lowest BCUT2D eigenvalue weighted by Gasteiger charge is -2.30. The minimum Gasteiger partial charge on any atom is -0.465 e. The highest BCUT2D eigenvalue weighted by atomic mass is 16.6. The molecule has 0 aromatic carbocycles. The molecule has 0 unspecified atom stereocenters. The van der Waals surface area contributed by atoms with Crippen molar-refractivity contribution in [1.82, 2.24) is 0 Å². The second kappa shape index (κ2) is 15.4. The summed E-state index contributed by atoms with van der Waals surface area (Å²) in [7, 11) is 0. The van der Waals surface area contributed by atoms with Crippen LogP contribution in [0.15, 0.2) is 0 Å². The van der Waals surface area contributed by atoms with Crippen LogP contribution in [0.4, 0.5) is 0 Å². The molecule has 0 spiro atoms. The molecule has 0 amide bonds. The van der Waals surface area contributed by atoms with Gasteiger partial charge in [-0.25, -0.2) is 0 Å². The average Bonchev–Trinajstić information content (AvgIpc) is 2.97. The predicted octanol–water partition coefficient (Wildman–Crippen LogP) is 3.17. The Kier molecular flexibility index (Phi) is 3.26. The quantitative estimate of drug-likeness (QED) is 0.305. The van der Waals surface area contributed by atoms with Gasteiger partial charge in [0.25, 0.3) is 0 Å². The zero-order valence-electron chi connectivity index (χ0n) is 40.7. The molecule has 0 aliphatic rings. The van der Waals surface area contributed by atoms with E-state index >= 15 is 0 Å². The first-order valence-electron chi connectivity index (χ1n) is 20.3. The van der Waals surface area contributed by atoms with E-state index in [0.717, 1.165) is 0 Å². The van der Waals surface area contributed by atoms with Gasteiger partial charge >= 0.3 is 17.9 Å². The maximum absolute atomic E-state index is 12.8. The van der Waals surface area contributed by atoms with Crippen molar-refractivity contribution in [2.45, 2.75) is 77.9 Å². The largest absolute Gasteiger partial charge is 0.465 e. The van der Waals surface area contributed by atoms with E-state index in [1.807, 2.05) is 0 Å². The maximum Gasteiger partial charge on any atom is 0.305 e. The molecule has 1 N–H and O–H groups in total. The van der Waals surface area contributed by atoms with Crippen LogP contribution in [0.5, 0.6) is 0 Å². The third kappa shape index (κ3) is 12.4. The van der Waals surface area contributed by atoms with Crippen LogP contribution in [0, 0.1) is 5.41 Å². The predicted molar refractivity (Wildman–Crippen MR) is 101 cm³/mol. The van der Waals surface area contributed by atoms with Crippen molar-refractivity contribution < 1.29 is 70.7 Å². The van der Waals surface area contributed by atoms with E-state index in [2.05, 4.69) is 14.2 Å². The van der Waals surface area contributed by atoms with Crippen molar-refractivity contribution in [3.05, 3.63) is 0 Å². The third-order valence-corrected chi connectivity index (χ3v) is 2.54. The number of ether oxygens (including phenoxy) is 3. The molecule has 0 bridgehead atoms. The van der Waals surface area contributed by atoms with Crippen molar-refractivity contribution in [3.8, 4) is 0 Å². The molecule has 27 heavy (non-hydrogen) atoms. The average molecular weight is 416 g/mol. The Hall–Kier alpha value is -1.63. The zero-order valence-corrected chi connectivity index (χ0v) is 13.7. The fourth-order valence-electron chi connectivity index (χ4n) is 1.27. The standard InChI is InChI=1S/C20H36O7/c1-4-7-10-17(22)25-14-20(13-21,15-26-18(23)11-8-5-2)16-27-19(24)12-9-6-3/h21H,4-16H2,1-3H3/i1D3,2D3,3D3,4D2,5D2,6D2,7D2,8D2,9D2,10D2,11D2,12D2. The molecule has 0 aliphatic carbocycles. The lowest BCUT2D eigenvalue weighted by Crippen LogP contribution is -2.42. The molecule has 0 saturated heterocycles. The summed E-state index contributed by atoms with van der Waals surface area (Å²) in [6.45, 7) is -18.7. The zero-order chi connectivity index (χ0) is 44.2. The van der Waals surface area contributed by atoms with Crippen molar-refractivity contribution in [1.29, 1.82) is 0 Å². The fraction of sp³-hybridized carbons (Fsp3) is 0.850. The van der Waals surface area contributed by atoms with Crippen LogP contribution < -0.4 is 0 Å². The van der Waals surface area contributed by atoms with Gasteiger partial charge < -0.3 is 19.3 Å². The van der Waals surface area contributed by atoms with Gasteiger partial charge in [0.1, 0.15) is 19.8 Å². The van der Waals surface area contributed by atoms with E-state index in [1.54, 1.807) is 0 Å².